The Labute approximate surface area is 154 Å². The Kier molecular flexibility index (Phi) is 7.94. The molecule has 134 valence electrons. The van der Waals surface area contributed by atoms with Crippen molar-refractivity contribution in [1.82, 2.24) is 0 Å². The number of amides is 1. The SMILES string of the molecule is O=C(/C=C/c1ccc(NC(=O)C(=O)OPP)cc1)OCc1ccccc1. The zero-order valence-electron chi connectivity index (χ0n) is 13.7. The topological polar surface area (TPSA) is 81.7 Å². The molecule has 2 rings (SSSR count). The van der Waals surface area contributed by atoms with E-state index in [1.807, 2.05) is 30.3 Å². The van der Waals surface area contributed by atoms with Crippen LogP contribution in [0.25, 0.3) is 6.08 Å². The number of ether oxygens (including phenoxy) is 1. The molecule has 2 unspecified atom stereocenters. The van der Waals surface area contributed by atoms with Gasteiger partial charge in [-0.1, -0.05) is 51.4 Å². The van der Waals surface area contributed by atoms with Gasteiger partial charge >= 0.3 is 17.8 Å². The molecule has 0 aliphatic carbocycles. The van der Waals surface area contributed by atoms with Gasteiger partial charge in [0.1, 0.15) is 6.61 Å². The smallest absolute Gasteiger partial charge is 0.399 e. The summed E-state index contributed by atoms with van der Waals surface area (Å²) in [5.74, 6) is -2.23. The summed E-state index contributed by atoms with van der Waals surface area (Å²) >= 11 is 0. The third-order valence-corrected chi connectivity index (χ3v) is 3.80. The van der Waals surface area contributed by atoms with E-state index in [-0.39, 0.29) is 15.1 Å². The summed E-state index contributed by atoms with van der Waals surface area (Å²) < 4.78 is 9.74. The highest BCUT2D eigenvalue weighted by Crippen LogP contribution is 2.21. The average Bonchev–Trinajstić information content (AvgIpc) is 2.66. The van der Waals surface area contributed by atoms with Crippen LogP contribution >= 0.6 is 17.4 Å². The van der Waals surface area contributed by atoms with Crippen LogP contribution in [0, 0.1) is 0 Å². The Balaban J connectivity index is 1.84. The third kappa shape index (κ3) is 6.75. The second-order valence-electron chi connectivity index (χ2n) is 5.01. The van der Waals surface area contributed by atoms with Crippen LogP contribution in [0.15, 0.2) is 60.7 Å². The minimum Gasteiger partial charge on any atom is -0.458 e. The Bertz CT molecular complexity index is 791. The molecule has 26 heavy (non-hydrogen) atoms. The lowest BCUT2D eigenvalue weighted by atomic mass is 10.2. The van der Waals surface area contributed by atoms with E-state index in [2.05, 4.69) is 18.8 Å². The van der Waals surface area contributed by atoms with Crippen LogP contribution in [-0.4, -0.2) is 17.8 Å². The van der Waals surface area contributed by atoms with Gasteiger partial charge in [0.2, 0.25) is 0 Å². The fourth-order valence-corrected chi connectivity index (χ4v) is 2.42. The van der Waals surface area contributed by atoms with Crippen LogP contribution in [0.4, 0.5) is 5.69 Å². The Morgan fingerprint density at radius 2 is 1.73 bits per heavy atom. The first-order chi connectivity index (χ1) is 12.6. The van der Waals surface area contributed by atoms with Gasteiger partial charge in [0, 0.05) is 11.8 Å². The second-order valence-corrected chi connectivity index (χ2v) is 6.16. The molecule has 0 aliphatic heterocycles. The quantitative estimate of drug-likeness (QED) is 0.355. The molecule has 1 amide bonds. The molecule has 6 nitrogen and oxygen atoms in total. The zero-order chi connectivity index (χ0) is 18.8. The number of carbonyl (C=O) groups is 3. The van der Waals surface area contributed by atoms with Crippen LogP contribution in [0.2, 0.25) is 0 Å². The number of esters is 1. The van der Waals surface area contributed by atoms with Crippen LogP contribution < -0.4 is 5.32 Å². The van der Waals surface area contributed by atoms with Crippen LogP contribution in [0.5, 0.6) is 0 Å². The fraction of sp³-hybridized carbons (Fsp3) is 0.0556. The summed E-state index contributed by atoms with van der Waals surface area (Å²) in [6.07, 6.45) is 2.93. The maximum atomic E-state index is 11.7. The van der Waals surface area contributed by atoms with Crippen LogP contribution in [0.1, 0.15) is 11.1 Å². The summed E-state index contributed by atoms with van der Waals surface area (Å²) in [6.45, 7) is 0.210. The summed E-state index contributed by atoms with van der Waals surface area (Å²) in [5.41, 5.74) is 2.10. The van der Waals surface area contributed by atoms with E-state index in [9.17, 15) is 14.4 Å². The standard InChI is InChI=1S/C18H17NO5P2/c20-16(23-12-14-4-2-1-3-5-14)11-8-13-6-9-15(10-7-13)19-17(21)18(22)24-26-25/h1-11,26H,12,25H2,(H,19,21)/b11-8+. The summed E-state index contributed by atoms with van der Waals surface area (Å²) in [4.78, 5) is 34.5. The van der Waals surface area contributed by atoms with Gasteiger partial charge in [-0.2, -0.15) is 0 Å². The first-order valence-electron chi connectivity index (χ1n) is 7.55. The van der Waals surface area contributed by atoms with Gasteiger partial charge in [0.25, 0.3) is 0 Å². The lowest BCUT2D eigenvalue weighted by Gasteiger charge is -2.04. The summed E-state index contributed by atoms with van der Waals surface area (Å²) in [7, 11) is 2.05. The molecule has 0 heterocycles. The lowest BCUT2D eigenvalue weighted by Crippen LogP contribution is -2.22. The highest BCUT2D eigenvalue weighted by molar-refractivity contribution is 8.00. The van der Waals surface area contributed by atoms with Gasteiger partial charge in [0.05, 0.1) is 8.50 Å². The van der Waals surface area contributed by atoms with Gasteiger partial charge < -0.3 is 14.6 Å². The molecule has 0 bridgehead atoms. The van der Waals surface area contributed by atoms with Crippen molar-refractivity contribution in [3.63, 3.8) is 0 Å². The second kappa shape index (κ2) is 10.4. The van der Waals surface area contributed by atoms with Crippen molar-refractivity contribution in [1.29, 1.82) is 0 Å². The van der Waals surface area contributed by atoms with E-state index < -0.39 is 17.8 Å². The number of hydrogen-bond acceptors (Lipinski definition) is 5. The van der Waals surface area contributed by atoms with Gasteiger partial charge in [-0.25, -0.2) is 9.59 Å². The van der Waals surface area contributed by atoms with E-state index in [1.165, 1.54) is 6.08 Å². The molecular weight excluding hydrogens is 372 g/mol. The third-order valence-electron chi connectivity index (χ3n) is 3.14. The van der Waals surface area contributed by atoms with E-state index in [1.54, 1.807) is 30.3 Å². The van der Waals surface area contributed by atoms with E-state index in [0.717, 1.165) is 11.1 Å². The predicted molar refractivity (Wildman–Crippen MR) is 104 cm³/mol. The molecule has 0 fully saturated rings. The van der Waals surface area contributed by atoms with Gasteiger partial charge in [-0.05, 0) is 29.3 Å². The van der Waals surface area contributed by atoms with Gasteiger partial charge in [0.15, 0.2) is 0 Å². The van der Waals surface area contributed by atoms with Crippen LogP contribution in [-0.2, 0) is 30.3 Å². The molecule has 0 aromatic heterocycles. The summed E-state index contributed by atoms with van der Waals surface area (Å²) in [6, 6.07) is 16.0. The minimum absolute atomic E-state index is 0.169. The largest absolute Gasteiger partial charge is 0.458 e. The predicted octanol–water partition coefficient (Wildman–Crippen LogP) is 3.31. The van der Waals surface area contributed by atoms with Crippen molar-refractivity contribution in [2.45, 2.75) is 6.61 Å². The zero-order valence-corrected chi connectivity index (χ0v) is 15.8. The molecule has 1 N–H and O–H groups in total. The number of hydrogen-bond donors (Lipinski definition) is 1. The molecule has 0 spiro atoms. The van der Waals surface area contributed by atoms with E-state index in [0.29, 0.717) is 5.69 Å². The summed E-state index contributed by atoms with van der Waals surface area (Å²) in [5, 5.41) is 2.42. The highest BCUT2D eigenvalue weighted by Gasteiger charge is 2.14. The van der Waals surface area contributed by atoms with Crippen molar-refractivity contribution in [2.24, 2.45) is 0 Å². The van der Waals surface area contributed by atoms with Crippen molar-refractivity contribution >= 4 is 47.0 Å². The highest BCUT2D eigenvalue weighted by atomic mass is 32.0. The number of carbonyl (C=O) groups excluding carboxylic acids is 3. The maximum Gasteiger partial charge on any atom is 0.399 e. The van der Waals surface area contributed by atoms with Crippen molar-refractivity contribution < 1.29 is 23.6 Å². The molecule has 0 radical (unpaired) electrons. The van der Waals surface area contributed by atoms with E-state index >= 15 is 0 Å². The molecule has 8 heteroatoms. The molecule has 0 saturated heterocycles. The maximum absolute atomic E-state index is 11.7. The average molecular weight is 389 g/mol. The Morgan fingerprint density at radius 1 is 1.04 bits per heavy atom. The van der Waals surface area contributed by atoms with E-state index in [4.69, 9.17) is 4.74 Å². The molecule has 2 aromatic rings. The first kappa shape index (κ1) is 19.8. The monoisotopic (exact) mass is 389 g/mol. The number of benzene rings is 2. The molecule has 0 saturated carbocycles. The van der Waals surface area contributed by atoms with Crippen molar-refractivity contribution in [3.8, 4) is 0 Å². The fourth-order valence-electron chi connectivity index (χ4n) is 1.90. The van der Waals surface area contributed by atoms with Gasteiger partial charge in [-0.3, -0.25) is 4.79 Å². The molecule has 0 aliphatic rings. The molecule has 2 atom stereocenters. The number of nitrogens with one attached hydrogen (secondary N) is 1. The molecular formula is C18H17NO5P2. The normalized spacial score (nSPS) is 10.8. The van der Waals surface area contributed by atoms with Crippen molar-refractivity contribution in [3.05, 3.63) is 71.8 Å². The number of anilines is 1. The Morgan fingerprint density at radius 3 is 2.38 bits per heavy atom. The van der Waals surface area contributed by atoms with Crippen molar-refractivity contribution in [2.75, 3.05) is 5.32 Å². The minimum atomic E-state index is -0.941. The number of rotatable bonds is 6. The lowest BCUT2D eigenvalue weighted by molar-refractivity contribution is -0.144. The Hall–Kier alpha value is -2.55. The van der Waals surface area contributed by atoms with Gasteiger partial charge in [-0.15, -0.1) is 0 Å². The van der Waals surface area contributed by atoms with Crippen LogP contribution in [0.3, 0.4) is 0 Å². The first-order valence-corrected chi connectivity index (χ1v) is 10.3. The molecule has 2 aromatic carbocycles.